The highest BCUT2D eigenvalue weighted by Crippen LogP contribution is 1.95. The van der Waals surface area contributed by atoms with Crippen molar-refractivity contribution in [2.75, 3.05) is 7.05 Å². The quantitative estimate of drug-likeness (QED) is 0.598. The highest BCUT2D eigenvalue weighted by molar-refractivity contribution is 5.93. The van der Waals surface area contributed by atoms with Gasteiger partial charge in [-0.25, -0.2) is 0 Å². The van der Waals surface area contributed by atoms with Gasteiger partial charge in [0.1, 0.15) is 0 Å². The Hall–Kier alpha value is -1.31. The molecule has 1 aromatic rings. The Labute approximate surface area is 59.9 Å². The predicted molar refractivity (Wildman–Crippen MR) is 37.5 cm³/mol. The van der Waals surface area contributed by atoms with Crippen LogP contribution in [0.2, 0.25) is 0 Å². The molecule has 0 spiro atoms. The molecule has 1 aromatic carbocycles. The molecule has 0 atom stereocenters. The Morgan fingerprint density at radius 1 is 1.60 bits per heavy atom. The molecule has 1 N–H and O–H groups in total. The third-order valence-corrected chi connectivity index (χ3v) is 1.15. The number of hydrogen-bond acceptors (Lipinski definition) is 1. The van der Waals surface area contributed by atoms with Crippen molar-refractivity contribution < 1.29 is 4.79 Å². The van der Waals surface area contributed by atoms with Gasteiger partial charge in [0.15, 0.2) is 0 Å². The predicted octanol–water partition coefficient (Wildman–Crippen LogP) is 0.647. The minimum absolute atomic E-state index is 0.0924. The van der Waals surface area contributed by atoms with E-state index < -0.39 is 0 Å². The molecule has 0 fully saturated rings. The van der Waals surface area contributed by atoms with E-state index in [0.29, 0.717) is 5.56 Å². The molecule has 2 heteroatoms. The van der Waals surface area contributed by atoms with Crippen LogP contribution in [0.25, 0.3) is 0 Å². The molecule has 0 aliphatic carbocycles. The first kappa shape index (κ1) is 6.81. The number of nitrogens with one attached hydrogen (secondary N) is 1. The van der Waals surface area contributed by atoms with Crippen molar-refractivity contribution in [2.24, 2.45) is 0 Å². The Balaban J connectivity index is 2.85. The third-order valence-electron chi connectivity index (χ3n) is 1.15. The van der Waals surface area contributed by atoms with Crippen molar-refractivity contribution >= 4 is 5.91 Å². The van der Waals surface area contributed by atoms with Crippen molar-refractivity contribution in [1.82, 2.24) is 5.32 Å². The van der Waals surface area contributed by atoms with Gasteiger partial charge in [0.25, 0.3) is 5.91 Å². The van der Waals surface area contributed by atoms with Crippen LogP contribution in [-0.4, -0.2) is 13.0 Å². The van der Waals surface area contributed by atoms with E-state index in [1.54, 1.807) is 25.2 Å². The van der Waals surface area contributed by atoms with Gasteiger partial charge in [-0.3, -0.25) is 4.79 Å². The van der Waals surface area contributed by atoms with E-state index in [2.05, 4.69) is 17.4 Å². The average Bonchev–Trinajstić information content (AvgIpc) is 2.05. The number of hydrogen-bond donors (Lipinski definition) is 1. The van der Waals surface area contributed by atoms with E-state index in [0.717, 1.165) is 0 Å². The Kier molecular flexibility index (Phi) is 2.05. The summed E-state index contributed by atoms with van der Waals surface area (Å²) in [5, 5.41) is 2.51. The monoisotopic (exact) mass is 133 g/mol. The summed E-state index contributed by atoms with van der Waals surface area (Å²) < 4.78 is 0. The smallest absolute Gasteiger partial charge is 0.251 e. The zero-order chi connectivity index (χ0) is 7.40. The number of carbonyl (C=O) groups is 1. The molecule has 2 nitrogen and oxygen atoms in total. The van der Waals surface area contributed by atoms with Gasteiger partial charge >= 0.3 is 0 Å². The fourth-order valence-electron chi connectivity index (χ4n) is 0.633. The summed E-state index contributed by atoms with van der Waals surface area (Å²) in [7, 11) is 1.60. The molecule has 50 valence electrons. The van der Waals surface area contributed by atoms with Crippen LogP contribution >= 0.6 is 0 Å². The molecule has 10 heavy (non-hydrogen) atoms. The summed E-state index contributed by atoms with van der Waals surface area (Å²) in [5.41, 5.74) is 0.612. The summed E-state index contributed by atoms with van der Waals surface area (Å²) >= 11 is 0. The molecule has 0 bridgehead atoms. The molecule has 0 saturated heterocycles. The minimum Gasteiger partial charge on any atom is -0.355 e. The lowest BCUT2D eigenvalue weighted by atomic mass is 10.2. The zero-order valence-electron chi connectivity index (χ0n) is 5.64. The van der Waals surface area contributed by atoms with E-state index in [1.807, 2.05) is 0 Å². The van der Waals surface area contributed by atoms with E-state index in [1.165, 1.54) is 0 Å². The van der Waals surface area contributed by atoms with Gasteiger partial charge in [-0.2, -0.15) is 0 Å². The van der Waals surface area contributed by atoms with Crippen LogP contribution in [0.3, 0.4) is 0 Å². The maximum absolute atomic E-state index is 10.9. The van der Waals surface area contributed by atoms with Crippen LogP contribution in [0.1, 0.15) is 10.4 Å². The number of carbonyl (C=O) groups excluding carboxylic acids is 1. The first-order chi connectivity index (χ1) is 4.84. The summed E-state index contributed by atoms with van der Waals surface area (Å²) in [4.78, 5) is 10.9. The maximum atomic E-state index is 10.9. The first-order valence-corrected chi connectivity index (χ1v) is 2.94. The fourth-order valence-corrected chi connectivity index (χ4v) is 0.633. The van der Waals surface area contributed by atoms with Crippen LogP contribution in [0.5, 0.6) is 0 Å². The fraction of sp³-hybridized carbons (Fsp3) is 0.125. The number of benzene rings is 1. The standard InChI is InChI=1S/C8H7NO/c1-9-8(10)7-5-3-2-4-6-7/h3,5-6H,1H3,(H,9,10). The maximum Gasteiger partial charge on any atom is 0.251 e. The Morgan fingerprint density at radius 3 is 2.90 bits per heavy atom. The van der Waals surface area contributed by atoms with Crippen molar-refractivity contribution in [3.8, 4) is 0 Å². The number of amides is 1. The van der Waals surface area contributed by atoms with Gasteiger partial charge in [-0.1, -0.05) is 6.07 Å². The molecule has 0 heterocycles. The lowest BCUT2D eigenvalue weighted by Gasteiger charge is -1.95. The van der Waals surface area contributed by atoms with Gasteiger partial charge < -0.3 is 5.32 Å². The lowest BCUT2D eigenvalue weighted by molar-refractivity contribution is 0.0963. The highest BCUT2D eigenvalue weighted by atomic mass is 16.1. The molecular formula is C8H7NO. The van der Waals surface area contributed by atoms with Gasteiger partial charge in [-0.05, 0) is 24.3 Å². The molecule has 0 saturated carbocycles. The second-order valence-corrected chi connectivity index (χ2v) is 1.80. The topological polar surface area (TPSA) is 29.1 Å². The summed E-state index contributed by atoms with van der Waals surface area (Å²) in [6, 6.07) is 10.3. The van der Waals surface area contributed by atoms with Crippen LogP contribution in [-0.2, 0) is 0 Å². The second-order valence-electron chi connectivity index (χ2n) is 1.80. The summed E-state index contributed by atoms with van der Waals surface area (Å²) in [6.45, 7) is 0. The van der Waals surface area contributed by atoms with Crippen LogP contribution in [0.4, 0.5) is 0 Å². The molecule has 0 aliphatic heterocycles. The summed E-state index contributed by atoms with van der Waals surface area (Å²) in [6.07, 6.45) is 0. The Bertz CT molecular complexity index is 218. The van der Waals surface area contributed by atoms with Crippen LogP contribution in [0, 0.1) is 12.1 Å². The lowest BCUT2D eigenvalue weighted by Crippen LogP contribution is -2.17. The molecular weight excluding hydrogens is 126 g/mol. The summed E-state index contributed by atoms with van der Waals surface area (Å²) in [5.74, 6) is -0.0924. The SMILES string of the molecule is CNC(=O)c1c[c][c]cc1. The largest absolute Gasteiger partial charge is 0.355 e. The molecule has 0 aliphatic rings. The minimum atomic E-state index is -0.0924. The molecule has 1 rings (SSSR count). The first-order valence-electron chi connectivity index (χ1n) is 2.94. The van der Waals surface area contributed by atoms with E-state index in [-0.39, 0.29) is 5.91 Å². The van der Waals surface area contributed by atoms with Gasteiger partial charge in [0.2, 0.25) is 0 Å². The van der Waals surface area contributed by atoms with E-state index in [4.69, 9.17) is 0 Å². The molecule has 2 radical (unpaired) electrons. The van der Waals surface area contributed by atoms with Crippen molar-refractivity contribution in [2.45, 2.75) is 0 Å². The van der Waals surface area contributed by atoms with Crippen LogP contribution in [0.15, 0.2) is 18.2 Å². The zero-order valence-corrected chi connectivity index (χ0v) is 5.64. The average molecular weight is 133 g/mol. The third kappa shape index (κ3) is 1.35. The van der Waals surface area contributed by atoms with Crippen molar-refractivity contribution in [3.63, 3.8) is 0 Å². The van der Waals surface area contributed by atoms with Gasteiger partial charge in [-0.15, -0.1) is 0 Å². The van der Waals surface area contributed by atoms with Crippen molar-refractivity contribution in [1.29, 1.82) is 0 Å². The molecule has 0 unspecified atom stereocenters. The van der Waals surface area contributed by atoms with Crippen molar-refractivity contribution in [3.05, 3.63) is 35.9 Å². The molecule has 0 aromatic heterocycles. The number of rotatable bonds is 1. The normalized spacial score (nSPS) is 8.90. The second kappa shape index (κ2) is 3.01. The highest BCUT2D eigenvalue weighted by Gasteiger charge is 1.98. The van der Waals surface area contributed by atoms with E-state index in [9.17, 15) is 4.79 Å². The Morgan fingerprint density at radius 2 is 2.40 bits per heavy atom. The van der Waals surface area contributed by atoms with Crippen LogP contribution < -0.4 is 5.32 Å². The molecule has 1 amide bonds. The van der Waals surface area contributed by atoms with Gasteiger partial charge in [0.05, 0.1) is 0 Å². The van der Waals surface area contributed by atoms with E-state index >= 15 is 0 Å². The van der Waals surface area contributed by atoms with Gasteiger partial charge in [0, 0.05) is 12.6 Å².